The summed E-state index contributed by atoms with van der Waals surface area (Å²) < 4.78 is 5.05. The molecule has 1 aromatic carbocycles. The Bertz CT molecular complexity index is 522. The topological polar surface area (TPSA) is 122 Å². The van der Waals surface area contributed by atoms with Gasteiger partial charge in [0.1, 0.15) is 17.4 Å². The molecule has 20 heavy (non-hydrogen) atoms. The first-order valence-electron chi connectivity index (χ1n) is 5.91. The Kier molecular flexibility index (Phi) is 4.57. The number of phenolic OH excluding ortho intramolecular Hbond substituents is 1. The fourth-order valence-electron chi connectivity index (χ4n) is 1.44. The Labute approximate surface area is 116 Å². The number of hydrogen-bond acceptors (Lipinski definition) is 5. The van der Waals surface area contributed by atoms with Crippen LogP contribution in [0, 0.1) is 0 Å². The van der Waals surface area contributed by atoms with E-state index in [1.165, 1.54) is 18.2 Å². The second-order valence-corrected chi connectivity index (χ2v) is 5.22. The quantitative estimate of drug-likeness (QED) is 0.670. The van der Waals surface area contributed by atoms with Gasteiger partial charge in [0, 0.05) is 17.3 Å². The van der Waals surface area contributed by atoms with E-state index in [4.69, 9.17) is 15.6 Å². The van der Waals surface area contributed by atoms with Crippen molar-refractivity contribution in [1.29, 1.82) is 0 Å². The molecule has 0 saturated carbocycles. The first-order chi connectivity index (χ1) is 9.10. The van der Waals surface area contributed by atoms with Gasteiger partial charge in [0.25, 0.3) is 0 Å². The average molecular weight is 282 g/mol. The fourth-order valence-corrected chi connectivity index (χ4v) is 1.44. The van der Waals surface area contributed by atoms with E-state index in [-0.39, 0.29) is 17.0 Å². The second-order valence-electron chi connectivity index (χ2n) is 5.22. The largest absolute Gasteiger partial charge is 0.508 e. The molecule has 0 aliphatic carbocycles. The van der Waals surface area contributed by atoms with Crippen molar-refractivity contribution in [2.24, 2.45) is 5.73 Å². The highest BCUT2D eigenvalue weighted by Gasteiger charge is 2.20. The van der Waals surface area contributed by atoms with Gasteiger partial charge in [0.05, 0.1) is 0 Å². The van der Waals surface area contributed by atoms with E-state index in [1.54, 1.807) is 20.8 Å². The fraction of sp³-hybridized carbons (Fsp3) is 0.385. The zero-order valence-electron chi connectivity index (χ0n) is 11.5. The van der Waals surface area contributed by atoms with Crippen LogP contribution in [0.25, 0.3) is 0 Å². The number of phenols is 1. The average Bonchev–Trinajstić information content (AvgIpc) is 2.25. The zero-order chi connectivity index (χ0) is 15.5. The summed E-state index contributed by atoms with van der Waals surface area (Å²) in [7, 11) is 0. The second kappa shape index (κ2) is 5.79. The number of hydrogen-bond donors (Lipinski definition) is 4. The van der Waals surface area contributed by atoms with E-state index in [0.29, 0.717) is 0 Å². The van der Waals surface area contributed by atoms with E-state index < -0.39 is 23.7 Å². The minimum atomic E-state index is -1.33. The molecule has 0 aromatic heterocycles. The number of carboxylic acid groups (broad SMARTS) is 1. The molecule has 1 unspecified atom stereocenters. The van der Waals surface area contributed by atoms with Crippen molar-refractivity contribution in [3.05, 3.63) is 23.8 Å². The van der Waals surface area contributed by atoms with Gasteiger partial charge >= 0.3 is 12.1 Å². The molecule has 0 aliphatic rings. The number of nitrogens with one attached hydrogen (secondary N) is 1. The van der Waals surface area contributed by atoms with Gasteiger partial charge in [-0.15, -0.1) is 0 Å². The monoisotopic (exact) mass is 282 g/mol. The Balaban J connectivity index is 2.83. The van der Waals surface area contributed by atoms with Crippen molar-refractivity contribution in [3.8, 4) is 5.75 Å². The van der Waals surface area contributed by atoms with E-state index in [9.17, 15) is 14.7 Å². The summed E-state index contributed by atoms with van der Waals surface area (Å²) in [5, 5.41) is 20.9. The van der Waals surface area contributed by atoms with Crippen molar-refractivity contribution in [2.45, 2.75) is 32.4 Å². The van der Waals surface area contributed by atoms with Crippen LogP contribution in [-0.4, -0.2) is 27.9 Å². The van der Waals surface area contributed by atoms with Gasteiger partial charge in [-0.05, 0) is 26.8 Å². The highest BCUT2D eigenvalue weighted by atomic mass is 16.6. The van der Waals surface area contributed by atoms with Crippen LogP contribution in [0.5, 0.6) is 5.75 Å². The standard InChI is InChI=1S/C13H18N2O5/c1-13(2,3)20-12(19)15-7-4-5-8(9(16)6-7)10(14)11(17)18/h4-6,10,16H,14H2,1-3H3,(H,15,19)(H,17,18). The SMILES string of the molecule is CC(C)(C)OC(=O)Nc1ccc(C(N)C(=O)O)c(O)c1. The van der Waals surface area contributed by atoms with Gasteiger partial charge in [0.15, 0.2) is 0 Å². The predicted octanol–water partition coefficient (Wildman–Crippen LogP) is 1.82. The molecule has 1 aromatic rings. The van der Waals surface area contributed by atoms with Gasteiger partial charge < -0.3 is 20.7 Å². The first kappa shape index (κ1) is 15.8. The van der Waals surface area contributed by atoms with Crippen LogP contribution in [0.2, 0.25) is 0 Å². The Morgan fingerprint density at radius 2 is 1.95 bits per heavy atom. The lowest BCUT2D eigenvalue weighted by molar-refractivity contribution is -0.138. The highest BCUT2D eigenvalue weighted by Crippen LogP contribution is 2.26. The van der Waals surface area contributed by atoms with Gasteiger partial charge in [-0.3, -0.25) is 10.1 Å². The molecule has 5 N–H and O–H groups in total. The number of aliphatic carboxylic acids is 1. The number of aromatic hydroxyl groups is 1. The van der Waals surface area contributed by atoms with Crippen molar-refractivity contribution in [1.82, 2.24) is 0 Å². The van der Waals surface area contributed by atoms with E-state index in [0.717, 1.165) is 0 Å². The lowest BCUT2D eigenvalue weighted by Gasteiger charge is -2.20. The van der Waals surface area contributed by atoms with E-state index in [1.807, 2.05) is 0 Å². The summed E-state index contributed by atoms with van der Waals surface area (Å²) >= 11 is 0. The molecule has 7 nitrogen and oxygen atoms in total. The van der Waals surface area contributed by atoms with Crippen LogP contribution >= 0.6 is 0 Å². The third kappa shape index (κ3) is 4.43. The van der Waals surface area contributed by atoms with Crippen LogP contribution in [0.1, 0.15) is 32.4 Å². The first-order valence-corrected chi connectivity index (χ1v) is 5.91. The molecule has 0 saturated heterocycles. The molecule has 1 atom stereocenters. The number of carbonyl (C=O) groups excluding carboxylic acids is 1. The molecule has 0 aliphatic heterocycles. The van der Waals surface area contributed by atoms with E-state index >= 15 is 0 Å². The third-order valence-electron chi connectivity index (χ3n) is 2.28. The number of anilines is 1. The molecular weight excluding hydrogens is 264 g/mol. The maximum atomic E-state index is 11.5. The van der Waals surface area contributed by atoms with Gasteiger partial charge in [-0.2, -0.15) is 0 Å². The summed E-state index contributed by atoms with van der Waals surface area (Å²) in [6.07, 6.45) is -0.674. The van der Waals surface area contributed by atoms with Crippen molar-refractivity contribution >= 4 is 17.7 Å². The summed E-state index contributed by atoms with van der Waals surface area (Å²) in [5.74, 6) is -1.57. The van der Waals surface area contributed by atoms with Gasteiger partial charge in [0.2, 0.25) is 0 Å². The van der Waals surface area contributed by atoms with Crippen LogP contribution in [0.3, 0.4) is 0 Å². The lowest BCUT2D eigenvalue weighted by Crippen LogP contribution is -2.27. The molecule has 0 bridgehead atoms. The molecule has 110 valence electrons. The Hall–Kier alpha value is -2.28. The van der Waals surface area contributed by atoms with Gasteiger partial charge in [-0.25, -0.2) is 4.79 Å². The maximum absolute atomic E-state index is 11.5. The molecule has 0 heterocycles. The van der Waals surface area contributed by atoms with Crippen molar-refractivity contribution < 1.29 is 24.5 Å². The summed E-state index contributed by atoms with van der Waals surface area (Å²) in [6, 6.07) is 2.65. The summed E-state index contributed by atoms with van der Waals surface area (Å²) in [4.78, 5) is 22.3. The molecule has 0 spiro atoms. The van der Waals surface area contributed by atoms with Crippen LogP contribution in [-0.2, 0) is 9.53 Å². The minimum Gasteiger partial charge on any atom is -0.508 e. The van der Waals surface area contributed by atoms with Crippen molar-refractivity contribution in [3.63, 3.8) is 0 Å². The van der Waals surface area contributed by atoms with Crippen LogP contribution < -0.4 is 11.1 Å². The predicted molar refractivity (Wildman–Crippen MR) is 72.5 cm³/mol. The molecular formula is C13H18N2O5. The number of rotatable bonds is 3. The van der Waals surface area contributed by atoms with Crippen LogP contribution in [0.15, 0.2) is 18.2 Å². The Morgan fingerprint density at radius 3 is 2.40 bits per heavy atom. The Morgan fingerprint density at radius 1 is 1.35 bits per heavy atom. The number of amides is 1. The number of nitrogens with two attached hydrogens (primary N) is 1. The normalized spacial score (nSPS) is 12.6. The molecule has 0 fully saturated rings. The number of carbonyl (C=O) groups is 2. The van der Waals surface area contributed by atoms with E-state index in [2.05, 4.69) is 5.32 Å². The lowest BCUT2D eigenvalue weighted by atomic mass is 10.1. The zero-order valence-corrected chi connectivity index (χ0v) is 11.5. The smallest absolute Gasteiger partial charge is 0.412 e. The molecule has 1 amide bonds. The maximum Gasteiger partial charge on any atom is 0.412 e. The van der Waals surface area contributed by atoms with Gasteiger partial charge in [-0.1, -0.05) is 6.07 Å². The molecule has 7 heteroatoms. The highest BCUT2D eigenvalue weighted by molar-refractivity contribution is 5.85. The molecule has 0 radical (unpaired) electrons. The minimum absolute atomic E-state index is 0.0623. The van der Waals surface area contributed by atoms with Crippen molar-refractivity contribution in [2.75, 3.05) is 5.32 Å². The third-order valence-corrected chi connectivity index (χ3v) is 2.28. The van der Waals surface area contributed by atoms with Crippen LogP contribution in [0.4, 0.5) is 10.5 Å². The number of ether oxygens (including phenoxy) is 1. The summed E-state index contributed by atoms with van der Waals surface area (Å²) in [5.41, 5.74) is 5.10. The number of carboxylic acids is 1. The molecule has 1 rings (SSSR count). The summed E-state index contributed by atoms with van der Waals surface area (Å²) in [6.45, 7) is 5.16. The number of benzene rings is 1.